The normalized spacial score (nSPS) is 17.3. The zero-order valence-electron chi connectivity index (χ0n) is 16.4. The molecule has 154 valence electrons. The molecule has 0 spiro atoms. The zero-order chi connectivity index (χ0) is 20.2. The average Bonchev–Trinajstić information content (AvgIpc) is 3.21. The molecular weight excluding hydrogens is 375 g/mol. The smallest absolute Gasteiger partial charge is 0.165 e. The second-order valence-electron chi connectivity index (χ2n) is 7.21. The molecule has 2 N–H and O–H groups in total. The van der Waals surface area contributed by atoms with E-state index in [4.69, 9.17) is 19.6 Å². The molecule has 0 atom stereocenters. The fraction of sp³-hybridized carbons (Fsp3) is 0.429. The summed E-state index contributed by atoms with van der Waals surface area (Å²) in [5.41, 5.74) is 1.23. The monoisotopic (exact) mass is 400 g/mol. The highest BCUT2D eigenvalue weighted by atomic mass is 19.1. The number of aromatic amines is 1. The van der Waals surface area contributed by atoms with E-state index in [1.807, 2.05) is 30.0 Å². The molecule has 0 unspecified atom stereocenters. The number of imidazole rings is 1. The Hall–Kier alpha value is -3.03. The largest absolute Gasteiger partial charge is 0.490 e. The van der Waals surface area contributed by atoms with Gasteiger partial charge in [-0.2, -0.15) is 0 Å². The second-order valence-corrected chi connectivity index (χ2v) is 7.21. The van der Waals surface area contributed by atoms with E-state index in [0.717, 1.165) is 48.8 Å². The predicted molar refractivity (Wildman–Crippen MR) is 107 cm³/mol. The maximum Gasteiger partial charge on any atom is 0.165 e. The summed E-state index contributed by atoms with van der Waals surface area (Å²) in [5, 5.41) is 8.45. The van der Waals surface area contributed by atoms with E-state index in [9.17, 15) is 4.39 Å². The minimum absolute atomic E-state index is 0.100. The average molecular weight is 400 g/mol. The fourth-order valence-electron chi connectivity index (χ4n) is 3.53. The lowest BCUT2D eigenvalue weighted by Crippen LogP contribution is -2.41. The number of fused-ring (bicyclic) bond motifs is 1. The molecule has 1 fully saturated rings. The standard InChI is InChI=1S/C21H25FN4O3/c1-14(10-20-24-13-15(12-22)25-20)21(23)26-6-4-16(5-7-26)29-17-2-3-18-19(11-17)28-9-8-27-18/h2-3,10-11,13,16,23H,4-9,12H2,1H3,(H,24,25)/b14-10-,23-21?. The van der Waals surface area contributed by atoms with Crippen molar-refractivity contribution in [3.63, 3.8) is 0 Å². The first-order valence-electron chi connectivity index (χ1n) is 9.80. The van der Waals surface area contributed by atoms with Crippen molar-refractivity contribution in [2.75, 3.05) is 26.3 Å². The molecule has 4 rings (SSSR count). The number of nitrogens with one attached hydrogen (secondary N) is 2. The number of likely N-dealkylation sites (tertiary alicyclic amines) is 1. The van der Waals surface area contributed by atoms with E-state index in [1.54, 1.807) is 6.08 Å². The van der Waals surface area contributed by atoms with Crippen LogP contribution in [0.4, 0.5) is 4.39 Å². The number of piperidine rings is 1. The van der Waals surface area contributed by atoms with Gasteiger partial charge in [0.05, 0.1) is 11.9 Å². The molecule has 0 amide bonds. The highest BCUT2D eigenvalue weighted by Crippen LogP contribution is 2.34. The van der Waals surface area contributed by atoms with Crippen molar-refractivity contribution in [3.8, 4) is 17.2 Å². The minimum Gasteiger partial charge on any atom is -0.490 e. The van der Waals surface area contributed by atoms with Crippen LogP contribution in [0.5, 0.6) is 17.2 Å². The Bertz CT molecular complexity index is 903. The Morgan fingerprint density at radius 1 is 1.31 bits per heavy atom. The van der Waals surface area contributed by atoms with Crippen LogP contribution in [0.25, 0.3) is 6.08 Å². The summed E-state index contributed by atoms with van der Waals surface area (Å²) >= 11 is 0. The number of aromatic nitrogens is 2. The number of H-pyrrole nitrogens is 1. The number of nitrogens with zero attached hydrogens (tertiary/aromatic N) is 2. The van der Waals surface area contributed by atoms with Crippen LogP contribution >= 0.6 is 0 Å². The van der Waals surface area contributed by atoms with Crippen LogP contribution in [0.3, 0.4) is 0 Å². The third kappa shape index (κ3) is 4.52. The first-order valence-corrected chi connectivity index (χ1v) is 9.80. The number of ether oxygens (including phenoxy) is 3. The molecule has 3 heterocycles. The predicted octanol–water partition coefficient (Wildman–Crippen LogP) is 3.57. The number of hydrogen-bond donors (Lipinski definition) is 2. The minimum atomic E-state index is -0.575. The van der Waals surface area contributed by atoms with Gasteiger partial charge in [-0.1, -0.05) is 0 Å². The first kappa shape index (κ1) is 19.3. The summed E-state index contributed by atoms with van der Waals surface area (Å²) < 4.78 is 29.9. The molecule has 0 bridgehead atoms. The number of benzene rings is 1. The summed E-state index contributed by atoms with van der Waals surface area (Å²) in [7, 11) is 0. The van der Waals surface area contributed by atoms with Crippen molar-refractivity contribution in [1.29, 1.82) is 5.41 Å². The number of halogens is 1. The maximum absolute atomic E-state index is 12.6. The highest BCUT2D eigenvalue weighted by molar-refractivity contribution is 5.99. The van der Waals surface area contributed by atoms with Crippen molar-refractivity contribution in [3.05, 3.63) is 41.5 Å². The maximum atomic E-state index is 12.6. The van der Waals surface area contributed by atoms with Crippen molar-refractivity contribution in [2.24, 2.45) is 0 Å². The van der Waals surface area contributed by atoms with Crippen molar-refractivity contribution >= 4 is 11.9 Å². The Labute approximate surface area is 169 Å². The van der Waals surface area contributed by atoms with Gasteiger partial charge in [0, 0.05) is 32.0 Å². The van der Waals surface area contributed by atoms with Gasteiger partial charge in [0.25, 0.3) is 0 Å². The topological polar surface area (TPSA) is 83.5 Å². The highest BCUT2D eigenvalue weighted by Gasteiger charge is 2.23. The molecule has 29 heavy (non-hydrogen) atoms. The SMILES string of the molecule is C/C(=C/c1ncc(CF)[nH]1)C(=N)N1CCC(Oc2ccc3c(c2)OCCO3)CC1. The van der Waals surface area contributed by atoms with Crippen LogP contribution in [-0.4, -0.2) is 53.1 Å². The van der Waals surface area contributed by atoms with Crippen LogP contribution in [-0.2, 0) is 6.67 Å². The lowest BCUT2D eigenvalue weighted by molar-refractivity contribution is 0.128. The number of amidine groups is 1. The van der Waals surface area contributed by atoms with Gasteiger partial charge in [0.15, 0.2) is 11.5 Å². The summed E-state index contributed by atoms with van der Waals surface area (Å²) in [6.45, 7) is 3.91. The van der Waals surface area contributed by atoms with Gasteiger partial charge in [-0.15, -0.1) is 0 Å². The Balaban J connectivity index is 1.31. The van der Waals surface area contributed by atoms with Gasteiger partial charge in [-0.25, -0.2) is 9.37 Å². The van der Waals surface area contributed by atoms with Crippen molar-refractivity contribution in [1.82, 2.24) is 14.9 Å². The molecule has 2 aliphatic rings. The molecule has 0 aliphatic carbocycles. The Kier molecular flexibility index (Phi) is 5.69. The van der Waals surface area contributed by atoms with Gasteiger partial charge in [0.2, 0.25) is 0 Å². The van der Waals surface area contributed by atoms with Crippen LogP contribution in [0, 0.1) is 5.41 Å². The Morgan fingerprint density at radius 3 is 2.79 bits per heavy atom. The fourth-order valence-corrected chi connectivity index (χ4v) is 3.53. The van der Waals surface area contributed by atoms with E-state index >= 15 is 0 Å². The van der Waals surface area contributed by atoms with Crippen LogP contribution in [0.1, 0.15) is 31.3 Å². The van der Waals surface area contributed by atoms with Gasteiger partial charge < -0.3 is 24.1 Å². The summed E-state index contributed by atoms with van der Waals surface area (Å²) in [6, 6.07) is 5.67. The lowest BCUT2D eigenvalue weighted by Gasteiger charge is -2.34. The Morgan fingerprint density at radius 2 is 2.07 bits per heavy atom. The quantitative estimate of drug-likeness (QED) is 0.592. The first-order chi connectivity index (χ1) is 14.1. The molecule has 1 saturated heterocycles. The molecule has 0 radical (unpaired) electrons. The number of alkyl halides is 1. The van der Waals surface area contributed by atoms with Crippen LogP contribution in [0.15, 0.2) is 30.0 Å². The summed E-state index contributed by atoms with van der Waals surface area (Å²) in [6.07, 6.45) is 5.01. The van der Waals surface area contributed by atoms with E-state index in [1.165, 1.54) is 6.20 Å². The van der Waals surface area contributed by atoms with E-state index < -0.39 is 6.67 Å². The number of hydrogen-bond acceptors (Lipinski definition) is 5. The molecule has 8 heteroatoms. The number of rotatable bonds is 5. The van der Waals surface area contributed by atoms with Crippen LogP contribution in [0.2, 0.25) is 0 Å². The molecule has 0 saturated carbocycles. The van der Waals surface area contributed by atoms with Gasteiger partial charge in [-0.05, 0) is 30.7 Å². The summed E-state index contributed by atoms with van der Waals surface area (Å²) in [5.74, 6) is 3.28. The molecule has 2 aliphatic heterocycles. The van der Waals surface area contributed by atoms with E-state index in [0.29, 0.717) is 30.6 Å². The molecule has 1 aromatic heterocycles. The molecule has 7 nitrogen and oxygen atoms in total. The van der Waals surface area contributed by atoms with Crippen molar-refractivity contribution < 1.29 is 18.6 Å². The third-order valence-electron chi connectivity index (χ3n) is 5.09. The van der Waals surface area contributed by atoms with E-state index in [2.05, 4.69) is 9.97 Å². The van der Waals surface area contributed by atoms with Gasteiger partial charge in [0.1, 0.15) is 43.4 Å². The lowest BCUT2D eigenvalue weighted by atomic mass is 10.1. The van der Waals surface area contributed by atoms with Gasteiger partial charge in [-0.3, -0.25) is 5.41 Å². The zero-order valence-corrected chi connectivity index (χ0v) is 16.4. The van der Waals surface area contributed by atoms with Crippen LogP contribution < -0.4 is 14.2 Å². The van der Waals surface area contributed by atoms with E-state index in [-0.39, 0.29) is 6.10 Å². The van der Waals surface area contributed by atoms with Crippen molar-refractivity contribution in [2.45, 2.75) is 32.5 Å². The second kappa shape index (κ2) is 8.55. The summed E-state index contributed by atoms with van der Waals surface area (Å²) in [4.78, 5) is 9.04. The molecular formula is C21H25FN4O3. The molecule has 2 aromatic rings. The third-order valence-corrected chi connectivity index (χ3v) is 5.09. The molecule has 1 aromatic carbocycles. The van der Waals surface area contributed by atoms with Gasteiger partial charge >= 0.3 is 0 Å².